The molecule has 7 nitrogen and oxygen atoms in total. The first-order chi connectivity index (χ1) is 13.6. The van der Waals surface area contributed by atoms with Crippen molar-refractivity contribution in [3.8, 4) is 0 Å². The lowest BCUT2D eigenvalue weighted by atomic mass is 10.0. The molecule has 3 heterocycles. The summed E-state index contributed by atoms with van der Waals surface area (Å²) < 4.78 is 7.74. The molecule has 4 rings (SSSR count). The van der Waals surface area contributed by atoms with Crippen molar-refractivity contribution in [3.05, 3.63) is 74.7 Å². The molecule has 0 saturated heterocycles. The maximum absolute atomic E-state index is 11.8. The van der Waals surface area contributed by atoms with E-state index in [1.54, 1.807) is 13.3 Å². The lowest BCUT2D eigenvalue weighted by molar-refractivity contribution is 0.168. The molecule has 0 spiro atoms. The van der Waals surface area contributed by atoms with Crippen LogP contribution in [0.25, 0.3) is 0 Å². The fourth-order valence-corrected chi connectivity index (χ4v) is 4.05. The Hall–Kier alpha value is -2.64. The van der Waals surface area contributed by atoms with E-state index in [9.17, 15) is 4.79 Å². The van der Waals surface area contributed by atoms with Crippen molar-refractivity contribution in [2.75, 3.05) is 25.2 Å². The van der Waals surface area contributed by atoms with Crippen LogP contribution in [-0.4, -0.2) is 40.0 Å². The maximum Gasteiger partial charge on any atom is 0.285 e. The summed E-state index contributed by atoms with van der Waals surface area (Å²) in [5.74, 6) is 0. The number of aromatic nitrogens is 4. The van der Waals surface area contributed by atoms with Gasteiger partial charge in [-0.15, -0.1) is 0 Å². The molecule has 2 aromatic heterocycles. The van der Waals surface area contributed by atoms with Gasteiger partial charge in [0.1, 0.15) is 5.02 Å². The number of halogens is 1. The van der Waals surface area contributed by atoms with Crippen LogP contribution in [0.2, 0.25) is 5.02 Å². The molecule has 8 heteroatoms. The van der Waals surface area contributed by atoms with Gasteiger partial charge in [0.2, 0.25) is 0 Å². The van der Waals surface area contributed by atoms with Gasteiger partial charge < -0.3 is 14.2 Å². The van der Waals surface area contributed by atoms with Crippen LogP contribution in [0.15, 0.2) is 41.6 Å². The van der Waals surface area contributed by atoms with Crippen molar-refractivity contribution < 1.29 is 4.74 Å². The van der Waals surface area contributed by atoms with Crippen LogP contribution in [0.5, 0.6) is 0 Å². The first-order valence-electron chi connectivity index (χ1n) is 9.17. The zero-order chi connectivity index (χ0) is 19.7. The lowest BCUT2D eigenvalue weighted by Gasteiger charge is -2.30. The Bertz CT molecular complexity index is 1050. The Morgan fingerprint density at radius 1 is 1.36 bits per heavy atom. The summed E-state index contributed by atoms with van der Waals surface area (Å²) in [6.07, 6.45) is 4.28. The second-order valence-electron chi connectivity index (χ2n) is 6.94. The van der Waals surface area contributed by atoms with E-state index in [-0.39, 0.29) is 16.6 Å². The molecule has 1 N–H and O–H groups in total. The SMILES string of the molecule is COC[C@@H](c1ccccc1C)n1cnc2c1CCN(c1cn[nH]c(=O)c1Cl)C2. The van der Waals surface area contributed by atoms with Gasteiger partial charge in [-0.1, -0.05) is 35.9 Å². The van der Waals surface area contributed by atoms with E-state index in [1.807, 2.05) is 17.3 Å². The van der Waals surface area contributed by atoms with Crippen molar-refractivity contribution in [3.63, 3.8) is 0 Å². The van der Waals surface area contributed by atoms with Crippen molar-refractivity contribution in [1.29, 1.82) is 0 Å². The van der Waals surface area contributed by atoms with Crippen molar-refractivity contribution in [2.24, 2.45) is 0 Å². The van der Waals surface area contributed by atoms with Crippen molar-refractivity contribution >= 4 is 17.3 Å². The molecule has 1 atom stereocenters. The Labute approximate surface area is 167 Å². The third-order valence-corrected chi connectivity index (χ3v) is 5.63. The van der Waals surface area contributed by atoms with E-state index in [0.717, 1.165) is 18.7 Å². The van der Waals surface area contributed by atoms with Crippen molar-refractivity contribution in [2.45, 2.75) is 25.9 Å². The first-order valence-corrected chi connectivity index (χ1v) is 9.55. The number of H-pyrrole nitrogens is 1. The quantitative estimate of drug-likeness (QED) is 0.713. The van der Waals surface area contributed by atoms with E-state index in [1.165, 1.54) is 16.8 Å². The molecular formula is C20H22ClN5O2. The van der Waals surface area contributed by atoms with Gasteiger partial charge in [-0.05, 0) is 18.1 Å². The minimum absolute atomic E-state index is 0.0684. The Balaban J connectivity index is 1.67. The normalized spacial score (nSPS) is 14.8. The zero-order valence-corrected chi connectivity index (χ0v) is 16.6. The molecule has 1 aliphatic heterocycles. The number of aromatic amines is 1. The van der Waals surface area contributed by atoms with Gasteiger partial charge in [0.25, 0.3) is 5.56 Å². The molecule has 0 amide bonds. The third-order valence-electron chi connectivity index (χ3n) is 5.27. The Morgan fingerprint density at radius 2 is 2.18 bits per heavy atom. The standard InChI is InChI=1S/C20H22ClN5O2/c1-13-5-3-4-6-14(13)18(11-28-2)26-12-22-15-10-25(8-7-16(15)26)17-9-23-24-20(27)19(17)21/h3-6,9,12,18H,7-8,10-11H2,1-2H3,(H,24,27)/t18-/m0/s1. The molecule has 0 saturated carbocycles. The zero-order valence-electron chi connectivity index (χ0n) is 15.9. The number of nitrogens with one attached hydrogen (secondary N) is 1. The number of fused-ring (bicyclic) bond motifs is 1. The highest BCUT2D eigenvalue weighted by Crippen LogP contribution is 2.30. The number of anilines is 1. The maximum atomic E-state index is 11.8. The Kier molecular flexibility index (Phi) is 5.19. The minimum atomic E-state index is -0.379. The number of hydrogen-bond acceptors (Lipinski definition) is 5. The second kappa shape index (κ2) is 7.77. The predicted octanol–water partition coefficient (Wildman–Crippen LogP) is 2.73. The average Bonchev–Trinajstić information content (AvgIpc) is 3.12. The average molecular weight is 400 g/mol. The molecule has 28 heavy (non-hydrogen) atoms. The highest BCUT2D eigenvalue weighted by Gasteiger charge is 2.27. The van der Waals surface area contributed by atoms with Crippen LogP contribution in [0.3, 0.4) is 0 Å². The molecule has 0 unspecified atom stereocenters. The van der Waals surface area contributed by atoms with E-state index in [4.69, 9.17) is 16.3 Å². The molecule has 0 radical (unpaired) electrons. The summed E-state index contributed by atoms with van der Waals surface area (Å²) >= 11 is 6.18. The lowest BCUT2D eigenvalue weighted by Crippen LogP contribution is -2.33. The fraction of sp³-hybridized carbons (Fsp3) is 0.350. The van der Waals surface area contributed by atoms with Gasteiger partial charge in [-0.2, -0.15) is 5.10 Å². The predicted molar refractivity (Wildman–Crippen MR) is 108 cm³/mol. The number of benzene rings is 1. The topological polar surface area (TPSA) is 76.0 Å². The van der Waals surface area contributed by atoms with E-state index in [2.05, 4.69) is 44.9 Å². The third kappa shape index (κ3) is 3.31. The van der Waals surface area contributed by atoms with Crippen LogP contribution in [0.4, 0.5) is 5.69 Å². The van der Waals surface area contributed by atoms with Gasteiger partial charge in [-0.25, -0.2) is 10.1 Å². The number of imidazole rings is 1. The van der Waals surface area contributed by atoms with Crippen LogP contribution in [0.1, 0.15) is 28.6 Å². The van der Waals surface area contributed by atoms with Gasteiger partial charge >= 0.3 is 0 Å². The van der Waals surface area contributed by atoms with Gasteiger partial charge in [0, 0.05) is 25.8 Å². The highest BCUT2D eigenvalue weighted by atomic mass is 35.5. The monoisotopic (exact) mass is 399 g/mol. The van der Waals surface area contributed by atoms with Crippen molar-refractivity contribution in [1.82, 2.24) is 19.7 Å². The molecule has 0 bridgehead atoms. The number of hydrogen-bond donors (Lipinski definition) is 1. The summed E-state index contributed by atoms with van der Waals surface area (Å²) in [5, 5.41) is 6.40. The van der Waals surface area contributed by atoms with Crippen LogP contribution in [0, 0.1) is 6.92 Å². The molecular weight excluding hydrogens is 378 g/mol. The highest BCUT2D eigenvalue weighted by molar-refractivity contribution is 6.32. The first kappa shape index (κ1) is 18.7. The largest absolute Gasteiger partial charge is 0.382 e. The van der Waals surface area contributed by atoms with Gasteiger partial charge in [0.05, 0.1) is 43.1 Å². The number of aryl methyl sites for hydroxylation is 1. The van der Waals surface area contributed by atoms with E-state index in [0.29, 0.717) is 18.8 Å². The molecule has 146 valence electrons. The van der Waals surface area contributed by atoms with Crippen LogP contribution in [-0.2, 0) is 17.7 Å². The van der Waals surface area contributed by atoms with Crippen LogP contribution >= 0.6 is 11.6 Å². The second-order valence-corrected chi connectivity index (χ2v) is 7.32. The summed E-state index contributed by atoms with van der Waals surface area (Å²) in [7, 11) is 1.72. The summed E-state index contributed by atoms with van der Waals surface area (Å²) in [6, 6.07) is 8.42. The number of ether oxygens (including phenoxy) is 1. The number of rotatable bonds is 5. The molecule has 3 aromatic rings. The Morgan fingerprint density at radius 3 is 2.96 bits per heavy atom. The molecule has 1 aromatic carbocycles. The summed E-state index contributed by atoms with van der Waals surface area (Å²) in [4.78, 5) is 18.5. The molecule has 1 aliphatic rings. The molecule has 0 aliphatic carbocycles. The smallest absolute Gasteiger partial charge is 0.285 e. The molecule has 0 fully saturated rings. The van der Waals surface area contributed by atoms with E-state index < -0.39 is 0 Å². The summed E-state index contributed by atoms with van der Waals surface area (Å²) in [6.45, 7) is 4.00. The van der Waals surface area contributed by atoms with Gasteiger partial charge in [-0.3, -0.25) is 4.79 Å². The summed E-state index contributed by atoms with van der Waals surface area (Å²) in [5.41, 5.74) is 4.89. The number of methoxy groups -OCH3 is 1. The fourth-order valence-electron chi connectivity index (χ4n) is 3.84. The minimum Gasteiger partial charge on any atom is -0.382 e. The number of nitrogens with zero attached hydrogens (tertiary/aromatic N) is 4. The van der Waals surface area contributed by atoms with Crippen LogP contribution < -0.4 is 10.5 Å². The van der Waals surface area contributed by atoms with Gasteiger partial charge in [0.15, 0.2) is 0 Å². The van der Waals surface area contributed by atoms with E-state index >= 15 is 0 Å².